The lowest BCUT2D eigenvalue weighted by molar-refractivity contribution is -0.133. The molecular formula is C25H33N7O. The van der Waals surface area contributed by atoms with Gasteiger partial charge in [-0.3, -0.25) is 14.4 Å². The maximum absolute atomic E-state index is 13.2. The molecule has 8 nitrogen and oxygen atoms in total. The van der Waals surface area contributed by atoms with Gasteiger partial charge < -0.3 is 9.80 Å². The summed E-state index contributed by atoms with van der Waals surface area (Å²) < 4.78 is 1.77. The number of piperazine rings is 1. The van der Waals surface area contributed by atoms with Crippen LogP contribution in [0.5, 0.6) is 0 Å². The third-order valence-electron chi connectivity index (χ3n) is 6.87. The summed E-state index contributed by atoms with van der Waals surface area (Å²) in [5.41, 5.74) is 3.48. The maximum Gasteiger partial charge on any atom is 0.236 e. The van der Waals surface area contributed by atoms with Crippen molar-refractivity contribution < 1.29 is 4.79 Å². The first-order valence-electron chi connectivity index (χ1n) is 12.0. The van der Waals surface area contributed by atoms with Gasteiger partial charge in [-0.25, -0.2) is 9.97 Å². The first-order chi connectivity index (χ1) is 16.0. The van der Waals surface area contributed by atoms with Gasteiger partial charge in [0.1, 0.15) is 12.1 Å². The number of fused-ring (bicyclic) bond motifs is 1. The van der Waals surface area contributed by atoms with E-state index in [2.05, 4.69) is 63.0 Å². The van der Waals surface area contributed by atoms with E-state index in [1.807, 2.05) is 18.1 Å². The molecule has 8 heteroatoms. The van der Waals surface area contributed by atoms with E-state index in [0.717, 1.165) is 36.5 Å². The summed E-state index contributed by atoms with van der Waals surface area (Å²) in [6.45, 7) is 8.74. The maximum atomic E-state index is 13.2. The van der Waals surface area contributed by atoms with Crippen molar-refractivity contribution >= 4 is 22.8 Å². The Hall–Kier alpha value is -3.00. The Morgan fingerprint density at radius 2 is 1.82 bits per heavy atom. The number of carbonyl (C=O) groups excluding carboxylic acids is 1. The highest BCUT2D eigenvalue weighted by molar-refractivity contribution is 5.87. The van der Waals surface area contributed by atoms with Crippen molar-refractivity contribution in [3.05, 3.63) is 47.9 Å². The van der Waals surface area contributed by atoms with Crippen LogP contribution >= 0.6 is 0 Å². The fraction of sp³-hybridized carbons (Fsp3) is 0.520. The molecule has 0 unspecified atom stereocenters. The predicted octanol–water partition coefficient (Wildman–Crippen LogP) is 2.80. The smallest absolute Gasteiger partial charge is 0.236 e. The van der Waals surface area contributed by atoms with Crippen LogP contribution in [0.4, 0.5) is 5.82 Å². The molecule has 0 N–H and O–H groups in total. The number of carbonyl (C=O) groups is 1. The topological polar surface area (TPSA) is 70.4 Å². The molecule has 2 aromatic heterocycles. The van der Waals surface area contributed by atoms with Crippen LogP contribution in [0.3, 0.4) is 0 Å². The van der Waals surface area contributed by atoms with Gasteiger partial charge in [-0.2, -0.15) is 5.10 Å². The number of rotatable bonds is 7. The SMILES string of the molecule is CC(C)c1ccc(CN(CC(=O)N2CCN(c3ncnc4c3cnn4C)CC2)C2CC2)cc1. The number of anilines is 1. The zero-order chi connectivity index (χ0) is 22.9. The molecule has 3 heterocycles. The van der Waals surface area contributed by atoms with Crippen molar-refractivity contribution in [1.82, 2.24) is 29.5 Å². The van der Waals surface area contributed by atoms with Gasteiger partial charge in [0.2, 0.25) is 5.91 Å². The lowest BCUT2D eigenvalue weighted by Gasteiger charge is -2.36. The first-order valence-corrected chi connectivity index (χ1v) is 12.0. The summed E-state index contributed by atoms with van der Waals surface area (Å²) in [5.74, 6) is 1.68. The highest BCUT2D eigenvalue weighted by Crippen LogP contribution is 2.29. The number of benzene rings is 1. The lowest BCUT2D eigenvalue weighted by Crippen LogP contribution is -2.51. The summed E-state index contributed by atoms with van der Waals surface area (Å²) in [6, 6.07) is 9.42. The molecule has 2 aliphatic rings. The van der Waals surface area contributed by atoms with E-state index in [4.69, 9.17) is 0 Å². The molecule has 5 rings (SSSR count). The van der Waals surface area contributed by atoms with Crippen molar-refractivity contribution in [2.75, 3.05) is 37.6 Å². The summed E-state index contributed by atoms with van der Waals surface area (Å²) >= 11 is 0. The Morgan fingerprint density at radius 1 is 1.09 bits per heavy atom. The molecule has 1 aromatic carbocycles. The molecule has 3 aromatic rings. The molecule has 174 valence electrons. The molecule has 33 heavy (non-hydrogen) atoms. The van der Waals surface area contributed by atoms with E-state index in [1.165, 1.54) is 24.0 Å². The number of hydrogen-bond acceptors (Lipinski definition) is 6. The Kier molecular flexibility index (Phi) is 6.01. The molecule has 1 saturated carbocycles. The summed E-state index contributed by atoms with van der Waals surface area (Å²) in [6.07, 6.45) is 5.81. The second kappa shape index (κ2) is 9.09. The van der Waals surface area contributed by atoms with Crippen molar-refractivity contribution in [2.24, 2.45) is 7.05 Å². The molecule has 0 atom stereocenters. The van der Waals surface area contributed by atoms with Gasteiger partial charge in [0.15, 0.2) is 5.65 Å². The Labute approximate surface area is 195 Å². The zero-order valence-corrected chi connectivity index (χ0v) is 19.8. The van der Waals surface area contributed by atoms with E-state index in [-0.39, 0.29) is 5.91 Å². The Morgan fingerprint density at radius 3 is 2.48 bits per heavy atom. The van der Waals surface area contributed by atoms with E-state index in [1.54, 1.807) is 11.0 Å². The molecule has 0 bridgehead atoms. The van der Waals surface area contributed by atoms with Crippen LogP contribution < -0.4 is 4.90 Å². The standard InChI is InChI=1S/C25H33N7O/c1-18(2)20-6-4-19(5-7-20)15-32(21-8-9-21)16-23(33)30-10-12-31(13-11-30)25-22-14-28-29(3)24(22)26-17-27-25/h4-7,14,17-18,21H,8-13,15-16H2,1-3H3. The van der Waals surface area contributed by atoms with Crippen LogP contribution in [-0.2, 0) is 18.4 Å². The largest absolute Gasteiger partial charge is 0.352 e. The molecule has 2 fully saturated rings. The fourth-order valence-corrected chi connectivity index (χ4v) is 4.64. The quantitative estimate of drug-likeness (QED) is 0.555. The van der Waals surface area contributed by atoms with Crippen molar-refractivity contribution in [2.45, 2.75) is 45.2 Å². The molecule has 1 aliphatic carbocycles. The van der Waals surface area contributed by atoms with Crippen LogP contribution in [-0.4, -0.2) is 74.2 Å². The monoisotopic (exact) mass is 447 g/mol. The highest BCUT2D eigenvalue weighted by Gasteiger charge is 2.32. The van der Waals surface area contributed by atoms with Crippen molar-refractivity contribution in [3.63, 3.8) is 0 Å². The lowest BCUT2D eigenvalue weighted by atomic mass is 10.0. The molecule has 0 spiro atoms. The predicted molar refractivity (Wildman–Crippen MR) is 129 cm³/mol. The summed E-state index contributed by atoms with van der Waals surface area (Å²) in [4.78, 5) is 28.6. The normalized spacial score (nSPS) is 16.9. The van der Waals surface area contributed by atoms with E-state index in [0.29, 0.717) is 31.6 Å². The van der Waals surface area contributed by atoms with Gasteiger partial charge >= 0.3 is 0 Å². The number of amides is 1. The second-order valence-electron chi connectivity index (χ2n) is 9.60. The molecule has 1 aliphatic heterocycles. The van der Waals surface area contributed by atoms with Gasteiger partial charge in [-0.05, 0) is 29.9 Å². The number of nitrogens with zero attached hydrogens (tertiary/aromatic N) is 7. The van der Waals surface area contributed by atoms with Crippen LogP contribution in [0.15, 0.2) is 36.8 Å². The second-order valence-corrected chi connectivity index (χ2v) is 9.60. The van der Waals surface area contributed by atoms with Crippen molar-refractivity contribution in [1.29, 1.82) is 0 Å². The first kappa shape index (κ1) is 21.8. The molecule has 1 saturated heterocycles. The van der Waals surface area contributed by atoms with Crippen LogP contribution in [0, 0.1) is 0 Å². The average Bonchev–Trinajstić information content (AvgIpc) is 3.61. The minimum atomic E-state index is 0.231. The average molecular weight is 448 g/mol. The Bertz CT molecular complexity index is 1110. The fourth-order valence-electron chi connectivity index (χ4n) is 4.64. The van der Waals surface area contributed by atoms with E-state index < -0.39 is 0 Å². The number of aromatic nitrogens is 4. The minimum absolute atomic E-state index is 0.231. The summed E-state index contributed by atoms with van der Waals surface area (Å²) in [7, 11) is 1.89. The van der Waals surface area contributed by atoms with Crippen LogP contribution in [0.1, 0.15) is 43.7 Å². The van der Waals surface area contributed by atoms with E-state index in [9.17, 15) is 4.79 Å². The van der Waals surface area contributed by atoms with E-state index >= 15 is 0 Å². The molecule has 0 radical (unpaired) electrons. The van der Waals surface area contributed by atoms with Crippen LogP contribution in [0.25, 0.3) is 11.0 Å². The third kappa shape index (κ3) is 4.71. The number of hydrogen-bond donors (Lipinski definition) is 0. The van der Waals surface area contributed by atoms with Gasteiger partial charge in [0.25, 0.3) is 0 Å². The Balaban J connectivity index is 1.19. The highest BCUT2D eigenvalue weighted by atomic mass is 16.2. The third-order valence-corrected chi connectivity index (χ3v) is 6.87. The van der Waals surface area contributed by atoms with Gasteiger partial charge in [-0.15, -0.1) is 0 Å². The van der Waals surface area contributed by atoms with Gasteiger partial charge in [-0.1, -0.05) is 38.1 Å². The van der Waals surface area contributed by atoms with Gasteiger partial charge in [0.05, 0.1) is 18.1 Å². The zero-order valence-electron chi connectivity index (χ0n) is 19.8. The van der Waals surface area contributed by atoms with Gasteiger partial charge in [0, 0.05) is 45.8 Å². The minimum Gasteiger partial charge on any atom is -0.352 e. The van der Waals surface area contributed by atoms with Crippen molar-refractivity contribution in [3.8, 4) is 0 Å². The molecular weight excluding hydrogens is 414 g/mol. The van der Waals surface area contributed by atoms with Crippen LogP contribution in [0.2, 0.25) is 0 Å². The molecule has 1 amide bonds. The summed E-state index contributed by atoms with van der Waals surface area (Å²) in [5, 5.41) is 5.28. The number of aryl methyl sites for hydroxylation is 1.